The highest BCUT2D eigenvalue weighted by Crippen LogP contribution is 2.17. The molecule has 1 heterocycles. The Bertz CT molecular complexity index is 1050. The van der Waals surface area contributed by atoms with E-state index in [1.165, 1.54) is 23.9 Å². The van der Waals surface area contributed by atoms with Gasteiger partial charge >= 0.3 is 0 Å². The third-order valence-electron chi connectivity index (χ3n) is 4.53. The van der Waals surface area contributed by atoms with E-state index in [1.54, 1.807) is 18.2 Å². The van der Waals surface area contributed by atoms with Crippen LogP contribution in [0.4, 0.5) is 4.39 Å². The summed E-state index contributed by atoms with van der Waals surface area (Å²) in [6.45, 7) is 5.07. The predicted molar refractivity (Wildman–Crippen MR) is 117 cm³/mol. The van der Waals surface area contributed by atoms with Gasteiger partial charge in [-0.15, -0.1) is 10.2 Å². The molecule has 2 N–H and O–H groups in total. The SMILES string of the molecule is CCn1c(CNC(=O)c2cccc(C)c2)nnc1SCC(=O)NCc1ccc(F)cc1. The Kier molecular flexibility index (Phi) is 7.77. The van der Waals surface area contributed by atoms with E-state index in [4.69, 9.17) is 0 Å². The third-order valence-corrected chi connectivity index (χ3v) is 5.50. The number of nitrogens with one attached hydrogen (secondary N) is 2. The standard InChI is InChI=1S/C22H24FN5O2S/c1-3-28-19(13-25-21(30)17-6-4-5-15(2)11-17)26-27-22(28)31-14-20(29)24-12-16-7-9-18(23)10-8-16/h4-11H,3,12-14H2,1-2H3,(H,24,29)(H,25,30). The van der Waals surface area contributed by atoms with Crippen LogP contribution in [-0.2, 0) is 24.4 Å². The van der Waals surface area contributed by atoms with E-state index in [1.807, 2.05) is 36.6 Å². The molecule has 31 heavy (non-hydrogen) atoms. The van der Waals surface area contributed by atoms with Crippen molar-refractivity contribution in [3.05, 3.63) is 76.9 Å². The van der Waals surface area contributed by atoms with Crippen molar-refractivity contribution in [2.45, 2.75) is 38.6 Å². The Morgan fingerprint density at radius 2 is 1.84 bits per heavy atom. The van der Waals surface area contributed by atoms with Gasteiger partial charge in [0, 0.05) is 18.7 Å². The monoisotopic (exact) mass is 441 g/mol. The topological polar surface area (TPSA) is 88.9 Å². The zero-order valence-electron chi connectivity index (χ0n) is 17.4. The molecular weight excluding hydrogens is 417 g/mol. The van der Waals surface area contributed by atoms with Crippen molar-refractivity contribution in [2.24, 2.45) is 0 Å². The Hall–Kier alpha value is -3.20. The molecule has 0 atom stereocenters. The number of rotatable bonds is 9. The van der Waals surface area contributed by atoms with Crippen molar-refractivity contribution in [3.63, 3.8) is 0 Å². The van der Waals surface area contributed by atoms with Crippen molar-refractivity contribution in [3.8, 4) is 0 Å². The lowest BCUT2D eigenvalue weighted by Crippen LogP contribution is -2.25. The number of benzene rings is 2. The van der Waals surface area contributed by atoms with Crippen molar-refractivity contribution >= 4 is 23.6 Å². The van der Waals surface area contributed by atoms with Crippen molar-refractivity contribution in [1.29, 1.82) is 0 Å². The number of nitrogens with zero attached hydrogens (tertiary/aromatic N) is 3. The molecule has 7 nitrogen and oxygen atoms in total. The summed E-state index contributed by atoms with van der Waals surface area (Å²) in [6.07, 6.45) is 0. The fraction of sp³-hybridized carbons (Fsp3) is 0.273. The smallest absolute Gasteiger partial charge is 0.251 e. The highest BCUT2D eigenvalue weighted by atomic mass is 32.2. The van der Waals surface area contributed by atoms with E-state index < -0.39 is 0 Å². The summed E-state index contributed by atoms with van der Waals surface area (Å²) in [5.74, 6) is 0.153. The molecule has 2 aromatic carbocycles. The first-order valence-electron chi connectivity index (χ1n) is 9.87. The van der Waals surface area contributed by atoms with Gasteiger partial charge in [-0.1, -0.05) is 41.6 Å². The first-order chi connectivity index (χ1) is 15.0. The minimum Gasteiger partial charge on any atom is -0.351 e. The minimum atomic E-state index is -0.310. The van der Waals surface area contributed by atoms with Crippen LogP contribution in [0, 0.1) is 12.7 Å². The average molecular weight is 442 g/mol. The zero-order valence-corrected chi connectivity index (χ0v) is 18.2. The number of aromatic nitrogens is 3. The molecule has 0 unspecified atom stereocenters. The molecule has 162 valence electrons. The molecule has 0 saturated carbocycles. The summed E-state index contributed by atoms with van der Waals surface area (Å²) in [6, 6.07) is 13.4. The minimum absolute atomic E-state index is 0.158. The van der Waals surface area contributed by atoms with Crippen molar-refractivity contribution in [2.75, 3.05) is 5.75 Å². The molecule has 1 aromatic heterocycles. The molecule has 2 amide bonds. The molecule has 9 heteroatoms. The summed E-state index contributed by atoms with van der Waals surface area (Å²) in [4.78, 5) is 24.5. The molecule has 0 aliphatic carbocycles. The van der Waals surface area contributed by atoms with Gasteiger partial charge < -0.3 is 15.2 Å². The van der Waals surface area contributed by atoms with E-state index in [0.717, 1.165) is 11.1 Å². The Morgan fingerprint density at radius 3 is 2.55 bits per heavy atom. The number of hydrogen-bond acceptors (Lipinski definition) is 5. The van der Waals surface area contributed by atoms with Crippen LogP contribution in [0.3, 0.4) is 0 Å². The lowest BCUT2D eigenvalue weighted by atomic mass is 10.1. The van der Waals surface area contributed by atoms with Gasteiger partial charge in [-0.05, 0) is 43.7 Å². The Labute approximate surface area is 184 Å². The molecule has 0 saturated heterocycles. The zero-order chi connectivity index (χ0) is 22.2. The van der Waals surface area contributed by atoms with Crippen LogP contribution in [0.2, 0.25) is 0 Å². The normalized spacial score (nSPS) is 10.7. The van der Waals surface area contributed by atoms with Gasteiger partial charge in [0.15, 0.2) is 11.0 Å². The molecule has 0 bridgehead atoms. The van der Waals surface area contributed by atoms with Crippen LogP contribution in [0.5, 0.6) is 0 Å². The van der Waals surface area contributed by atoms with E-state index in [2.05, 4.69) is 20.8 Å². The van der Waals surface area contributed by atoms with Crippen LogP contribution in [-0.4, -0.2) is 32.3 Å². The number of carbonyl (C=O) groups excluding carboxylic acids is 2. The van der Waals surface area contributed by atoms with Crippen molar-refractivity contribution in [1.82, 2.24) is 25.4 Å². The fourth-order valence-corrected chi connectivity index (χ4v) is 3.76. The second-order valence-electron chi connectivity index (χ2n) is 6.89. The van der Waals surface area contributed by atoms with Crippen LogP contribution >= 0.6 is 11.8 Å². The number of halogens is 1. The van der Waals surface area contributed by atoms with Crippen LogP contribution in [0.1, 0.15) is 34.2 Å². The lowest BCUT2D eigenvalue weighted by Gasteiger charge is -2.09. The van der Waals surface area contributed by atoms with Crippen LogP contribution in [0.15, 0.2) is 53.7 Å². The second kappa shape index (κ2) is 10.7. The van der Waals surface area contributed by atoms with E-state index in [9.17, 15) is 14.0 Å². The van der Waals surface area contributed by atoms with Gasteiger partial charge in [0.05, 0.1) is 12.3 Å². The Balaban J connectivity index is 1.51. The van der Waals surface area contributed by atoms with E-state index >= 15 is 0 Å². The fourth-order valence-electron chi connectivity index (χ4n) is 2.91. The third kappa shape index (κ3) is 6.39. The summed E-state index contributed by atoms with van der Waals surface area (Å²) in [5, 5.41) is 14.6. The average Bonchev–Trinajstić information content (AvgIpc) is 3.17. The molecule has 3 aromatic rings. The highest BCUT2D eigenvalue weighted by Gasteiger charge is 2.14. The van der Waals surface area contributed by atoms with E-state index in [-0.39, 0.29) is 29.9 Å². The maximum absolute atomic E-state index is 12.9. The quantitative estimate of drug-likeness (QED) is 0.498. The molecule has 3 rings (SSSR count). The van der Waals surface area contributed by atoms with Gasteiger partial charge in [-0.2, -0.15) is 0 Å². The molecule has 0 aliphatic heterocycles. The molecule has 0 spiro atoms. The number of aryl methyl sites for hydroxylation is 1. The number of amides is 2. The summed E-state index contributed by atoms with van der Waals surface area (Å²) >= 11 is 1.28. The molecular formula is C22H24FN5O2S. The van der Waals surface area contributed by atoms with Crippen LogP contribution < -0.4 is 10.6 Å². The maximum Gasteiger partial charge on any atom is 0.251 e. The summed E-state index contributed by atoms with van der Waals surface area (Å²) in [7, 11) is 0. The Morgan fingerprint density at radius 1 is 1.06 bits per heavy atom. The first kappa shape index (κ1) is 22.5. The summed E-state index contributed by atoms with van der Waals surface area (Å²) < 4.78 is 14.8. The lowest BCUT2D eigenvalue weighted by molar-refractivity contribution is -0.118. The van der Waals surface area contributed by atoms with Crippen molar-refractivity contribution < 1.29 is 14.0 Å². The van der Waals surface area contributed by atoms with Gasteiger partial charge in [0.1, 0.15) is 5.82 Å². The maximum atomic E-state index is 12.9. The second-order valence-corrected chi connectivity index (χ2v) is 7.83. The first-order valence-corrected chi connectivity index (χ1v) is 10.9. The number of thioether (sulfide) groups is 1. The molecule has 0 aliphatic rings. The molecule has 0 fully saturated rings. The predicted octanol–water partition coefficient (Wildman–Crippen LogP) is 3.08. The van der Waals surface area contributed by atoms with E-state index in [0.29, 0.717) is 29.6 Å². The van der Waals surface area contributed by atoms with Crippen LogP contribution in [0.25, 0.3) is 0 Å². The molecule has 0 radical (unpaired) electrons. The van der Waals surface area contributed by atoms with Gasteiger partial charge in [0.2, 0.25) is 5.91 Å². The van der Waals surface area contributed by atoms with Gasteiger partial charge in [0.25, 0.3) is 5.91 Å². The van der Waals surface area contributed by atoms with Gasteiger partial charge in [-0.25, -0.2) is 4.39 Å². The highest BCUT2D eigenvalue weighted by molar-refractivity contribution is 7.99. The largest absolute Gasteiger partial charge is 0.351 e. The number of carbonyl (C=O) groups is 2. The van der Waals surface area contributed by atoms with Gasteiger partial charge in [-0.3, -0.25) is 9.59 Å². The summed E-state index contributed by atoms with van der Waals surface area (Å²) in [5.41, 5.74) is 2.43. The number of hydrogen-bond donors (Lipinski definition) is 2.